The minimum absolute atomic E-state index is 0.409. The fraction of sp³-hybridized carbons (Fsp3) is 0.467. The van der Waals surface area contributed by atoms with Crippen LogP contribution in [0.4, 0.5) is 4.79 Å². The third kappa shape index (κ3) is 8.44. The number of ether oxygens (including phenoxy) is 1. The molecular weight excluding hydrogens is 272 g/mol. The molecule has 0 aliphatic heterocycles. The molecule has 1 rings (SSSR count). The Morgan fingerprint density at radius 3 is 2.30 bits per heavy atom. The number of nitriles is 1. The minimum atomic E-state index is -0.489. The zero-order valence-electron chi connectivity index (χ0n) is 12.7. The number of carbonyl (C=O) groups is 1. The van der Waals surface area contributed by atoms with Gasteiger partial charge in [-0.15, -0.1) is 0 Å². The van der Waals surface area contributed by atoms with Crippen molar-refractivity contribution >= 4 is 17.9 Å². The number of thioether (sulfide) groups is 1. The summed E-state index contributed by atoms with van der Waals surface area (Å²) in [7, 11) is 0. The molecule has 1 aromatic carbocycles. The number of thiocyanates is 1. The van der Waals surface area contributed by atoms with Crippen LogP contribution < -0.4 is 5.32 Å². The third-order valence-corrected chi connectivity index (χ3v) is 2.52. The smallest absolute Gasteiger partial charge is 0.407 e. The average Bonchev–Trinajstić information content (AvgIpc) is 2.39. The molecule has 0 bridgehead atoms. The second-order valence-electron chi connectivity index (χ2n) is 4.69. The number of carbonyl (C=O) groups excluding carboxylic acids is 1. The maximum Gasteiger partial charge on any atom is 0.407 e. The first kappa shape index (κ1) is 18.3. The van der Waals surface area contributed by atoms with Gasteiger partial charge in [-0.1, -0.05) is 26.0 Å². The first-order valence-corrected chi connectivity index (χ1v) is 7.34. The van der Waals surface area contributed by atoms with Crippen molar-refractivity contribution in [3.05, 3.63) is 29.8 Å². The summed E-state index contributed by atoms with van der Waals surface area (Å²) in [5.74, 6) is 0. The van der Waals surface area contributed by atoms with Crippen LogP contribution in [0.15, 0.2) is 29.2 Å². The van der Waals surface area contributed by atoms with Gasteiger partial charge in [0, 0.05) is 11.4 Å². The number of hydrogen-bond acceptors (Lipinski definition) is 4. The standard InChI is InChI=1S/C13H16N2O2S.C2H6/c1-13(2,3)17-12(16)15-8-10-4-6-11(7-5-10)18-9-14;1-2/h4-7H,8H2,1-3H3,(H,15,16);1-2H3. The zero-order chi connectivity index (χ0) is 15.6. The molecule has 0 unspecified atom stereocenters. The molecule has 0 aliphatic carbocycles. The van der Waals surface area contributed by atoms with Crippen molar-refractivity contribution < 1.29 is 9.53 Å². The fourth-order valence-corrected chi connectivity index (χ4v) is 1.59. The Morgan fingerprint density at radius 2 is 1.85 bits per heavy atom. The third-order valence-electron chi connectivity index (χ3n) is 1.92. The number of hydrogen-bond donors (Lipinski definition) is 1. The second kappa shape index (κ2) is 9.27. The summed E-state index contributed by atoms with van der Waals surface area (Å²) in [6.07, 6.45) is -0.432. The lowest BCUT2D eigenvalue weighted by Crippen LogP contribution is -2.32. The largest absolute Gasteiger partial charge is 0.444 e. The van der Waals surface area contributed by atoms with Crippen LogP contribution in [-0.2, 0) is 11.3 Å². The lowest BCUT2D eigenvalue weighted by atomic mass is 10.2. The highest BCUT2D eigenvalue weighted by atomic mass is 32.2. The van der Waals surface area contributed by atoms with Crippen LogP contribution >= 0.6 is 11.8 Å². The predicted octanol–water partition coefficient (Wildman–Crippen LogP) is 4.31. The monoisotopic (exact) mass is 294 g/mol. The van der Waals surface area contributed by atoms with Crippen molar-refractivity contribution in [2.75, 3.05) is 0 Å². The molecule has 0 fully saturated rings. The molecule has 0 aliphatic rings. The summed E-state index contributed by atoms with van der Waals surface area (Å²) in [5, 5.41) is 13.2. The molecule has 1 N–H and O–H groups in total. The van der Waals surface area contributed by atoms with Gasteiger partial charge in [0.25, 0.3) is 0 Å². The summed E-state index contributed by atoms with van der Waals surface area (Å²) >= 11 is 1.11. The Bertz CT molecular complexity index is 444. The molecule has 0 radical (unpaired) electrons. The number of nitrogens with zero attached hydrogens (tertiary/aromatic N) is 1. The van der Waals surface area contributed by atoms with Gasteiger partial charge in [-0.2, -0.15) is 5.26 Å². The van der Waals surface area contributed by atoms with Gasteiger partial charge in [0.2, 0.25) is 0 Å². The first-order chi connectivity index (χ1) is 9.40. The fourth-order valence-electron chi connectivity index (χ4n) is 1.22. The van der Waals surface area contributed by atoms with Crippen molar-refractivity contribution in [2.24, 2.45) is 0 Å². The van der Waals surface area contributed by atoms with Crippen molar-refractivity contribution in [3.63, 3.8) is 0 Å². The Hall–Kier alpha value is -1.67. The lowest BCUT2D eigenvalue weighted by Gasteiger charge is -2.19. The van der Waals surface area contributed by atoms with Gasteiger partial charge in [0.1, 0.15) is 11.0 Å². The van der Waals surface area contributed by atoms with Gasteiger partial charge in [-0.05, 0) is 50.2 Å². The quantitative estimate of drug-likeness (QED) is 0.666. The van der Waals surface area contributed by atoms with E-state index in [9.17, 15) is 4.79 Å². The molecule has 0 spiro atoms. The number of amides is 1. The normalized spacial score (nSPS) is 9.80. The number of alkyl carbamates (subject to hydrolysis) is 1. The Labute approximate surface area is 125 Å². The second-order valence-corrected chi connectivity index (χ2v) is 5.55. The van der Waals surface area contributed by atoms with Crippen LogP contribution in [0.2, 0.25) is 0 Å². The molecule has 0 heterocycles. The van der Waals surface area contributed by atoms with Crippen molar-refractivity contribution in [1.82, 2.24) is 5.32 Å². The van der Waals surface area contributed by atoms with Crippen LogP contribution in [0.5, 0.6) is 0 Å². The lowest BCUT2D eigenvalue weighted by molar-refractivity contribution is 0.0523. The summed E-state index contributed by atoms with van der Waals surface area (Å²) in [5.41, 5.74) is 0.473. The van der Waals surface area contributed by atoms with E-state index in [4.69, 9.17) is 10.00 Å². The molecule has 0 aromatic heterocycles. The van der Waals surface area contributed by atoms with Gasteiger partial charge in [-0.25, -0.2) is 4.79 Å². The Kier molecular flexibility index (Phi) is 8.49. The molecule has 4 nitrogen and oxygen atoms in total. The van der Waals surface area contributed by atoms with Crippen molar-refractivity contribution in [2.45, 2.75) is 51.7 Å². The molecule has 0 saturated heterocycles. The van der Waals surface area contributed by atoms with Gasteiger partial charge < -0.3 is 10.1 Å². The molecule has 1 amide bonds. The highest BCUT2D eigenvalue weighted by Crippen LogP contribution is 2.16. The summed E-state index contributed by atoms with van der Waals surface area (Å²) in [6, 6.07) is 7.44. The van der Waals surface area contributed by atoms with Gasteiger partial charge in [0.15, 0.2) is 0 Å². The van der Waals surface area contributed by atoms with E-state index in [0.717, 1.165) is 22.2 Å². The minimum Gasteiger partial charge on any atom is -0.444 e. The predicted molar refractivity (Wildman–Crippen MR) is 82.3 cm³/mol. The maximum atomic E-state index is 11.4. The van der Waals surface area contributed by atoms with E-state index in [0.29, 0.717) is 6.54 Å². The van der Waals surface area contributed by atoms with E-state index in [2.05, 4.69) is 5.32 Å². The van der Waals surface area contributed by atoms with Crippen LogP contribution in [0.1, 0.15) is 40.2 Å². The molecule has 5 heteroatoms. The highest BCUT2D eigenvalue weighted by molar-refractivity contribution is 8.03. The van der Waals surface area contributed by atoms with Gasteiger partial charge in [0.05, 0.1) is 0 Å². The summed E-state index contributed by atoms with van der Waals surface area (Å²) in [4.78, 5) is 12.3. The number of rotatable bonds is 3. The molecular formula is C15H22N2O2S. The molecule has 0 atom stereocenters. The van der Waals surface area contributed by atoms with E-state index in [1.165, 1.54) is 0 Å². The zero-order valence-corrected chi connectivity index (χ0v) is 13.5. The molecule has 20 heavy (non-hydrogen) atoms. The van der Waals surface area contributed by atoms with Crippen LogP contribution in [-0.4, -0.2) is 11.7 Å². The highest BCUT2D eigenvalue weighted by Gasteiger charge is 2.15. The van der Waals surface area contributed by atoms with Crippen molar-refractivity contribution in [3.8, 4) is 5.40 Å². The van der Waals surface area contributed by atoms with Crippen LogP contribution in [0.3, 0.4) is 0 Å². The summed E-state index contributed by atoms with van der Waals surface area (Å²) < 4.78 is 5.12. The van der Waals surface area contributed by atoms with E-state index < -0.39 is 11.7 Å². The van der Waals surface area contributed by atoms with E-state index in [-0.39, 0.29) is 0 Å². The van der Waals surface area contributed by atoms with Crippen molar-refractivity contribution in [1.29, 1.82) is 5.26 Å². The van der Waals surface area contributed by atoms with Crippen LogP contribution in [0.25, 0.3) is 0 Å². The molecule has 1 aromatic rings. The number of nitrogens with one attached hydrogen (secondary N) is 1. The van der Waals surface area contributed by atoms with Gasteiger partial charge in [-0.3, -0.25) is 0 Å². The first-order valence-electron chi connectivity index (χ1n) is 6.52. The van der Waals surface area contributed by atoms with E-state index in [1.807, 2.05) is 64.3 Å². The Morgan fingerprint density at radius 1 is 1.30 bits per heavy atom. The topological polar surface area (TPSA) is 62.1 Å². The Balaban J connectivity index is 0.00000172. The van der Waals surface area contributed by atoms with E-state index in [1.54, 1.807) is 0 Å². The summed E-state index contributed by atoms with van der Waals surface area (Å²) in [6.45, 7) is 9.87. The van der Waals surface area contributed by atoms with E-state index >= 15 is 0 Å². The molecule has 0 saturated carbocycles. The maximum absolute atomic E-state index is 11.4. The van der Waals surface area contributed by atoms with Gasteiger partial charge >= 0.3 is 6.09 Å². The van der Waals surface area contributed by atoms with Crippen LogP contribution in [0, 0.1) is 10.7 Å². The molecule has 110 valence electrons. The number of benzene rings is 1. The SMILES string of the molecule is CC.CC(C)(C)OC(=O)NCc1ccc(SC#N)cc1. The average molecular weight is 294 g/mol.